The van der Waals surface area contributed by atoms with Gasteiger partial charge in [0.25, 0.3) is 0 Å². The summed E-state index contributed by atoms with van der Waals surface area (Å²) in [6.45, 7) is 3.97. The van der Waals surface area contributed by atoms with Crippen LogP contribution in [0.1, 0.15) is 29.3 Å². The van der Waals surface area contributed by atoms with E-state index >= 15 is 0 Å². The number of hydrogen-bond donors (Lipinski definition) is 0. The lowest BCUT2D eigenvalue weighted by Crippen LogP contribution is -2.04. The number of hydrogen-bond acceptors (Lipinski definition) is 4. The van der Waals surface area contributed by atoms with Crippen LogP contribution in [0.5, 0.6) is 11.6 Å². The molecule has 3 rings (SSSR count). The minimum Gasteiger partial charge on any atom is -0.439 e. The van der Waals surface area contributed by atoms with Crippen molar-refractivity contribution in [2.45, 2.75) is 37.4 Å². The minimum atomic E-state index is -4.33. The van der Waals surface area contributed by atoms with Crippen LogP contribution in [0, 0.1) is 6.92 Å². The standard InChI is InChI=1S/C21H19F3N2OS/c1-3-17-12-19(27-18-6-4-5-14(2)11-18)26-20(25-17)28-13-15-7-9-16(10-8-15)21(22,23)24/h4-12H,3,13H2,1-2H3. The summed E-state index contributed by atoms with van der Waals surface area (Å²) in [5.41, 5.74) is 2.04. The largest absolute Gasteiger partial charge is 0.439 e. The fraction of sp³-hybridized carbons (Fsp3) is 0.238. The fourth-order valence-electron chi connectivity index (χ4n) is 2.48. The summed E-state index contributed by atoms with van der Waals surface area (Å²) in [5.74, 6) is 1.61. The van der Waals surface area contributed by atoms with Crippen molar-refractivity contribution in [1.29, 1.82) is 0 Å². The van der Waals surface area contributed by atoms with Crippen LogP contribution in [0.25, 0.3) is 0 Å². The number of thioether (sulfide) groups is 1. The van der Waals surface area contributed by atoms with Crippen LogP contribution in [0.3, 0.4) is 0 Å². The summed E-state index contributed by atoms with van der Waals surface area (Å²) >= 11 is 1.36. The van der Waals surface area contributed by atoms with Crippen LogP contribution >= 0.6 is 11.8 Å². The van der Waals surface area contributed by atoms with Crippen molar-refractivity contribution in [2.24, 2.45) is 0 Å². The Hall–Kier alpha value is -2.54. The van der Waals surface area contributed by atoms with Crippen LogP contribution in [0.2, 0.25) is 0 Å². The molecule has 0 N–H and O–H groups in total. The Morgan fingerprint density at radius 2 is 1.75 bits per heavy atom. The van der Waals surface area contributed by atoms with Gasteiger partial charge in [-0.1, -0.05) is 43.0 Å². The second-order valence-electron chi connectivity index (χ2n) is 6.24. The third-order valence-corrected chi connectivity index (χ3v) is 4.88. The van der Waals surface area contributed by atoms with Gasteiger partial charge in [-0.25, -0.2) is 4.98 Å². The number of aryl methyl sites for hydroxylation is 2. The zero-order valence-electron chi connectivity index (χ0n) is 15.5. The lowest BCUT2D eigenvalue weighted by atomic mass is 10.1. The molecule has 0 aliphatic heterocycles. The molecule has 0 bridgehead atoms. The predicted octanol–water partition coefficient (Wildman–Crippen LogP) is 6.45. The van der Waals surface area contributed by atoms with Crippen molar-refractivity contribution in [3.8, 4) is 11.6 Å². The van der Waals surface area contributed by atoms with Gasteiger partial charge in [0.05, 0.1) is 5.56 Å². The molecule has 0 saturated heterocycles. The molecule has 0 aliphatic rings. The quantitative estimate of drug-likeness (QED) is 0.349. The summed E-state index contributed by atoms with van der Waals surface area (Å²) in [6.07, 6.45) is -3.60. The third kappa shape index (κ3) is 5.48. The summed E-state index contributed by atoms with van der Waals surface area (Å²) in [5, 5.41) is 0.530. The van der Waals surface area contributed by atoms with Crippen molar-refractivity contribution in [2.75, 3.05) is 0 Å². The molecule has 1 heterocycles. The second kappa shape index (κ2) is 8.65. The van der Waals surface area contributed by atoms with Crippen molar-refractivity contribution >= 4 is 11.8 Å². The van der Waals surface area contributed by atoms with Gasteiger partial charge in [-0.3, -0.25) is 0 Å². The molecule has 0 radical (unpaired) electrons. The first-order valence-electron chi connectivity index (χ1n) is 8.75. The summed E-state index contributed by atoms with van der Waals surface area (Å²) < 4.78 is 43.8. The lowest BCUT2D eigenvalue weighted by Gasteiger charge is -2.10. The van der Waals surface area contributed by atoms with E-state index in [0.29, 0.717) is 22.5 Å². The fourth-order valence-corrected chi connectivity index (χ4v) is 3.31. The molecule has 146 valence electrons. The Morgan fingerprint density at radius 1 is 1.00 bits per heavy atom. The number of benzene rings is 2. The number of nitrogens with zero attached hydrogens (tertiary/aromatic N) is 2. The van der Waals surface area contributed by atoms with E-state index in [4.69, 9.17) is 4.74 Å². The van der Waals surface area contributed by atoms with Gasteiger partial charge < -0.3 is 4.74 Å². The van der Waals surface area contributed by atoms with Crippen molar-refractivity contribution in [3.05, 3.63) is 77.0 Å². The zero-order chi connectivity index (χ0) is 20.1. The molecule has 2 aromatic carbocycles. The third-order valence-electron chi connectivity index (χ3n) is 3.96. The number of alkyl halides is 3. The monoisotopic (exact) mass is 404 g/mol. The van der Waals surface area contributed by atoms with E-state index in [1.54, 1.807) is 6.07 Å². The Balaban J connectivity index is 1.73. The molecule has 0 unspecified atom stereocenters. The number of ether oxygens (including phenoxy) is 1. The minimum absolute atomic E-state index is 0.451. The highest BCUT2D eigenvalue weighted by Crippen LogP contribution is 2.30. The molecule has 0 amide bonds. The van der Waals surface area contributed by atoms with Crippen LogP contribution in [-0.4, -0.2) is 9.97 Å². The molecule has 28 heavy (non-hydrogen) atoms. The average Bonchev–Trinajstić information content (AvgIpc) is 2.66. The van der Waals surface area contributed by atoms with Crippen LogP contribution in [0.15, 0.2) is 59.8 Å². The van der Waals surface area contributed by atoms with Gasteiger partial charge in [0.15, 0.2) is 5.16 Å². The molecule has 0 atom stereocenters. The van der Waals surface area contributed by atoms with Crippen LogP contribution in [0.4, 0.5) is 13.2 Å². The molecular formula is C21H19F3N2OS. The number of halogens is 3. The molecule has 3 aromatic rings. The van der Waals surface area contributed by atoms with E-state index in [1.807, 2.05) is 38.1 Å². The van der Waals surface area contributed by atoms with Crippen LogP contribution < -0.4 is 4.74 Å². The normalized spacial score (nSPS) is 11.5. The van der Waals surface area contributed by atoms with Crippen molar-refractivity contribution in [3.63, 3.8) is 0 Å². The van der Waals surface area contributed by atoms with E-state index in [2.05, 4.69) is 9.97 Å². The topological polar surface area (TPSA) is 35.0 Å². The van der Waals surface area contributed by atoms with Gasteiger partial charge in [0, 0.05) is 17.5 Å². The highest BCUT2D eigenvalue weighted by Gasteiger charge is 2.29. The Labute approximate surface area is 166 Å². The van der Waals surface area contributed by atoms with E-state index in [1.165, 1.54) is 23.9 Å². The van der Waals surface area contributed by atoms with Gasteiger partial charge in [0.2, 0.25) is 5.88 Å². The second-order valence-corrected chi connectivity index (χ2v) is 7.18. The average molecular weight is 404 g/mol. The SMILES string of the molecule is CCc1cc(Oc2cccc(C)c2)nc(SCc2ccc(C(F)(F)F)cc2)n1. The lowest BCUT2D eigenvalue weighted by molar-refractivity contribution is -0.137. The van der Waals surface area contributed by atoms with Gasteiger partial charge in [-0.2, -0.15) is 18.2 Å². The van der Waals surface area contributed by atoms with E-state index in [9.17, 15) is 13.2 Å². The molecule has 1 aromatic heterocycles. The van der Waals surface area contributed by atoms with Crippen molar-refractivity contribution in [1.82, 2.24) is 9.97 Å². The molecule has 7 heteroatoms. The maximum atomic E-state index is 12.7. The van der Waals surface area contributed by atoms with Crippen molar-refractivity contribution < 1.29 is 17.9 Å². The van der Waals surface area contributed by atoms with E-state index in [-0.39, 0.29) is 0 Å². The Morgan fingerprint density at radius 3 is 2.39 bits per heavy atom. The van der Waals surface area contributed by atoms with Gasteiger partial charge in [0.1, 0.15) is 5.75 Å². The predicted molar refractivity (Wildman–Crippen MR) is 104 cm³/mol. The van der Waals surface area contributed by atoms with E-state index < -0.39 is 11.7 Å². The summed E-state index contributed by atoms with van der Waals surface area (Å²) in [7, 11) is 0. The Bertz CT molecular complexity index is 943. The number of rotatable bonds is 6. The molecule has 0 aliphatic carbocycles. The molecule has 3 nitrogen and oxygen atoms in total. The molecule has 0 saturated carbocycles. The van der Waals surface area contributed by atoms with Crippen LogP contribution in [-0.2, 0) is 18.3 Å². The van der Waals surface area contributed by atoms with Gasteiger partial charge in [-0.15, -0.1) is 0 Å². The smallest absolute Gasteiger partial charge is 0.416 e. The maximum Gasteiger partial charge on any atom is 0.416 e. The first kappa shape index (κ1) is 20.2. The zero-order valence-corrected chi connectivity index (χ0v) is 16.3. The number of aromatic nitrogens is 2. The highest BCUT2D eigenvalue weighted by atomic mass is 32.2. The van der Waals surface area contributed by atoms with Gasteiger partial charge in [-0.05, 0) is 48.7 Å². The maximum absolute atomic E-state index is 12.7. The molecular weight excluding hydrogens is 385 g/mol. The molecule has 0 fully saturated rings. The summed E-state index contributed by atoms with van der Waals surface area (Å²) in [6, 6.07) is 14.6. The van der Waals surface area contributed by atoms with E-state index in [0.717, 1.165) is 35.4 Å². The molecule has 0 spiro atoms. The first-order valence-corrected chi connectivity index (χ1v) is 9.73. The highest BCUT2D eigenvalue weighted by molar-refractivity contribution is 7.98. The summed E-state index contributed by atoms with van der Waals surface area (Å²) in [4.78, 5) is 8.90. The Kier molecular flexibility index (Phi) is 6.24. The van der Waals surface area contributed by atoms with Gasteiger partial charge >= 0.3 is 6.18 Å². The first-order chi connectivity index (χ1) is 13.3.